The van der Waals surface area contributed by atoms with Gasteiger partial charge in [-0.15, -0.1) is 0 Å². The van der Waals surface area contributed by atoms with Crippen molar-refractivity contribution in [3.63, 3.8) is 0 Å². The number of rotatable bonds is 4. The summed E-state index contributed by atoms with van der Waals surface area (Å²) in [7, 11) is -1.51. The van der Waals surface area contributed by atoms with E-state index in [-0.39, 0.29) is 5.75 Å². The average Bonchev–Trinajstić information content (AvgIpc) is 2.77. The molecule has 1 aliphatic heterocycles. The Morgan fingerprint density at radius 3 is 2.94 bits per heavy atom. The number of ether oxygens (including phenoxy) is 1. The van der Waals surface area contributed by atoms with Crippen LogP contribution in [0.25, 0.3) is 0 Å². The van der Waals surface area contributed by atoms with E-state index in [1.165, 1.54) is 0 Å². The first-order valence-corrected chi connectivity index (χ1v) is 7.81. The lowest BCUT2D eigenvalue weighted by molar-refractivity contribution is 0.161. The lowest BCUT2D eigenvalue weighted by Crippen LogP contribution is -2.37. The Hall–Kier alpha value is -0.850. The fourth-order valence-corrected chi connectivity index (χ4v) is 4.38. The molecule has 5 nitrogen and oxygen atoms in total. The predicted octanol–water partition coefficient (Wildman–Crippen LogP) is 1.39. The quantitative estimate of drug-likeness (QED) is 0.896. The average molecular weight is 273 g/mol. The zero-order chi connectivity index (χ0) is 13.2. The van der Waals surface area contributed by atoms with Gasteiger partial charge in [0.05, 0.1) is 17.0 Å². The molecule has 2 atom stereocenters. The number of nitrogens with two attached hydrogens (primary N) is 1. The van der Waals surface area contributed by atoms with Gasteiger partial charge >= 0.3 is 0 Å². The van der Waals surface area contributed by atoms with Gasteiger partial charge in [-0.3, -0.25) is 0 Å². The van der Waals surface area contributed by atoms with Crippen molar-refractivity contribution in [2.24, 2.45) is 5.73 Å². The standard InChI is InChI=1S/C12H19NO4S/c1-16-8-9-5-6-10(17-9)12(13)11-4-2-3-7-18(11,14)15/h5-6,11-12H,2-4,7-8,13H2,1H3. The Balaban J connectivity index is 2.16. The van der Waals surface area contributed by atoms with E-state index in [1.54, 1.807) is 19.2 Å². The molecule has 2 heterocycles. The van der Waals surface area contributed by atoms with Crippen LogP contribution in [0.1, 0.15) is 36.8 Å². The van der Waals surface area contributed by atoms with Crippen molar-refractivity contribution in [1.29, 1.82) is 0 Å². The first-order valence-electron chi connectivity index (χ1n) is 6.09. The molecule has 1 saturated heterocycles. The maximum Gasteiger partial charge on any atom is 0.155 e. The largest absolute Gasteiger partial charge is 0.462 e. The summed E-state index contributed by atoms with van der Waals surface area (Å²) >= 11 is 0. The fraction of sp³-hybridized carbons (Fsp3) is 0.667. The van der Waals surface area contributed by atoms with Crippen LogP contribution in [0.3, 0.4) is 0 Å². The molecule has 1 fully saturated rings. The first-order chi connectivity index (χ1) is 8.54. The zero-order valence-electron chi connectivity index (χ0n) is 10.5. The van der Waals surface area contributed by atoms with Gasteiger partial charge in [0.2, 0.25) is 0 Å². The summed E-state index contributed by atoms with van der Waals surface area (Å²) < 4.78 is 34.4. The van der Waals surface area contributed by atoms with Gasteiger partial charge in [-0.1, -0.05) is 6.42 Å². The molecule has 0 saturated carbocycles. The second-order valence-corrected chi connectivity index (χ2v) is 7.00. The lowest BCUT2D eigenvalue weighted by atomic mass is 10.1. The molecule has 102 valence electrons. The summed E-state index contributed by atoms with van der Waals surface area (Å²) in [5.41, 5.74) is 6.04. The highest BCUT2D eigenvalue weighted by molar-refractivity contribution is 7.92. The summed E-state index contributed by atoms with van der Waals surface area (Å²) in [5.74, 6) is 1.42. The zero-order valence-corrected chi connectivity index (χ0v) is 11.3. The van der Waals surface area contributed by atoms with Crippen molar-refractivity contribution in [2.45, 2.75) is 37.2 Å². The molecule has 0 amide bonds. The Kier molecular flexibility index (Phi) is 4.09. The number of sulfone groups is 1. The molecule has 2 N–H and O–H groups in total. The molecule has 18 heavy (non-hydrogen) atoms. The fourth-order valence-electron chi connectivity index (χ4n) is 2.36. The van der Waals surface area contributed by atoms with Crippen molar-refractivity contribution >= 4 is 9.84 Å². The molecule has 0 bridgehead atoms. The Morgan fingerprint density at radius 1 is 1.50 bits per heavy atom. The van der Waals surface area contributed by atoms with Crippen molar-refractivity contribution in [1.82, 2.24) is 0 Å². The maximum atomic E-state index is 12.0. The molecule has 1 aliphatic rings. The normalized spacial score (nSPS) is 24.9. The highest BCUT2D eigenvalue weighted by Crippen LogP contribution is 2.30. The molecule has 0 aromatic carbocycles. The van der Waals surface area contributed by atoms with Gasteiger partial charge in [0.15, 0.2) is 9.84 Å². The Labute approximate surface area is 107 Å². The van der Waals surface area contributed by atoms with Crippen LogP contribution >= 0.6 is 0 Å². The summed E-state index contributed by atoms with van der Waals surface area (Å²) in [6.45, 7) is 0.365. The van der Waals surface area contributed by atoms with Crippen LogP contribution in [-0.4, -0.2) is 26.5 Å². The summed E-state index contributed by atoms with van der Waals surface area (Å²) in [4.78, 5) is 0. The number of hydrogen-bond donors (Lipinski definition) is 1. The topological polar surface area (TPSA) is 82.5 Å². The monoisotopic (exact) mass is 273 g/mol. The van der Waals surface area contributed by atoms with Crippen LogP contribution < -0.4 is 5.73 Å². The Morgan fingerprint density at radius 2 is 2.28 bits per heavy atom. The van der Waals surface area contributed by atoms with Crippen molar-refractivity contribution in [3.05, 3.63) is 23.7 Å². The highest BCUT2D eigenvalue weighted by atomic mass is 32.2. The molecule has 0 aliphatic carbocycles. The highest BCUT2D eigenvalue weighted by Gasteiger charge is 2.35. The van der Waals surface area contributed by atoms with Gasteiger partial charge in [-0.2, -0.15) is 0 Å². The van der Waals surface area contributed by atoms with E-state index in [0.717, 1.165) is 12.8 Å². The van der Waals surface area contributed by atoms with Crippen LogP contribution in [0.4, 0.5) is 0 Å². The number of methoxy groups -OCH3 is 1. The van der Waals surface area contributed by atoms with Gasteiger partial charge in [-0.05, 0) is 25.0 Å². The van der Waals surface area contributed by atoms with Crippen molar-refractivity contribution in [2.75, 3.05) is 12.9 Å². The molecule has 1 aromatic rings. The van der Waals surface area contributed by atoms with E-state index in [9.17, 15) is 8.42 Å². The van der Waals surface area contributed by atoms with Gasteiger partial charge < -0.3 is 14.9 Å². The number of hydrogen-bond acceptors (Lipinski definition) is 5. The van der Waals surface area contributed by atoms with Crippen LogP contribution in [0.15, 0.2) is 16.5 Å². The molecular formula is C12H19NO4S. The SMILES string of the molecule is COCc1ccc(C(N)C2CCCCS2(=O)=O)o1. The smallest absolute Gasteiger partial charge is 0.155 e. The van der Waals surface area contributed by atoms with Gasteiger partial charge in [0.1, 0.15) is 18.1 Å². The summed E-state index contributed by atoms with van der Waals surface area (Å²) in [6.07, 6.45) is 2.26. The van der Waals surface area contributed by atoms with Crippen LogP contribution in [-0.2, 0) is 21.2 Å². The molecule has 6 heteroatoms. The van der Waals surface area contributed by atoms with Gasteiger partial charge in [0, 0.05) is 7.11 Å². The number of furan rings is 1. The minimum absolute atomic E-state index is 0.233. The van der Waals surface area contributed by atoms with E-state index in [4.69, 9.17) is 14.9 Å². The maximum absolute atomic E-state index is 12.0. The van der Waals surface area contributed by atoms with E-state index in [1.807, 2.05) is 0 Å². The second kappa shape index (κ2) is 5.42. The third-order valence-electron chi connectivity index (χ3n) is 3.33. The van der Waals surface area contributed by atoms with Crippen molar-refractivity contribution in [3.8, 4) is 0 Å². The Bertz CT molecular complexity index is 494. The molecule has 1 aromatic heterocycles. The third kappa shape index (κ3) is 2.76. The summed E-state index contributed by atoms with van der Waals surface area (Å²) in [5, 5.41) is -0.521. The van der Waals surface area contributed by atoms with Crippen LogP contribution in [0.5, 0.6) is 0 Å². The van der Waals surface area contributed by atoms with Gasteiger partial charge in [-0.25, -0.2) is 8.42 Å². The van der Waals surface area contributed by atoms with E-state index < -0.39 is 21.1 Å². The first kappa shape index (κ1) is 13.6. The second-order valence-electron chi connectivity index (χ2n) is 4.66. The molecule has 0 radical (unpaired) electrons. The molecule has 2 unspecified atom stereocenters. The minimum atomic E-state index is -3.09. The molecule has 0 spiro atoms. The van der Waals surface area contributed by atoms with Gasteiger partial charge in [0.25, 0.3) is 0 Å². The van der Waals surface area contributed by atoms with Crippen molar-refractivity contribution < 1.29 is 17.6 Å². The summed E-state index contributed by atoms with van der Waals surface area (Å²) in [6, 6.07) is 2.93. The molecule has 2 rings (SSSR count). The van der Waals surface area contributed by atoms with E-state index >= 15 is 0 Å². The van der Waals surface area contributed by atoms with Crippen LogP contribution in [0.2, 0.25) is 0 Å². The van der Waals surface area contributed by atoms with Crippen LogP contribution in [0, 0.1) is 0 Å². The third-order valence-corrected chi connectivity index (χ3v) is 5.64. The van der Waals surface area contributed by atoms with E-state index in [2.05, 4.69) is 0 Å². The predicted molar refractivity (Wildman–Crippen MR) is 67.8 cm³/mol. The minimum Gasteiger partial charge on any atom is -0.462 e. The van der Waals surface area contributed by atoms with E-state index in [0.29, 0.717) is 24.5 Å². The lowest BCUT2D eigenvalue weighted by Gasteiger charge is -2.26. The molecular weight excluding hydrogens is 254 g/mol.